The lowest BCUT2D eigenvalue weighted by Gasteiger charge is -2.26. The number of hydrogen-bond donors (Lipinski definition) is 0. The Kier molecular flexibility index (Phi) is 2.81. The predicted octanol–water partition coefficient (Wildman–Crippen LogP) is 4.04. The average molecular weight is 203 g/mol. The molecule has 0 amide bonds. The van der Waals surface area contributed by atoms with E-state index in [1.165, 1.54) is 36.9 Å². The van der Waals surface area contributed by atoms with Gasteiger partial charge in [-0.05, 0) is 43.2 Å². The molecule has 0 spiro atoms. The molecular formula is C14H21N. The van der Waals surface area contributed by atoms with Crippen molar-refractivity contribution < 1.29 is 0 Å². The Hall–Kier alpha value is -0.850. The molecule has 15 heavy (non-hydrogen) atoms. The highest BCUT2D eigenvalue weighted by atomic mass is 14.7. The zero-order valence-corrected chi connectivity index (χ0v) is 10.1. The van der Waals surface area contributed by atoms with E-state index in [9.17, 15) is 0 Å². The Labute approximate surface area is 92.9 Å². The van der Waals surface area contributed by atoms with E-state index >= 15 is 0 Å². The Morgan fingerprint density at radius 2 is 1.93 bits per heavy atom. The molecule has 82 valence electrons. The summed E-state index contributed by atoms with van der Waals surface area (Å²) in [5, 5.41) is 0. The Morgan fingerprint density at radius 3 is 2.33 bits per heavy atom. The fourth-order valence-electron chi connectivity index (χ4n) is 2.03. The molecule has 1 nitrogen and oxygen atoms in total. The monoisotopic (exact) mass is 203 g/mol. The molecule has 0 aliphatic heterocycles. The van der Waals surface area contributed by atoms with Crippen molar-refractivity contribution in [2.24, 2.45) is 0 Å². The molecule has 0 radical (unpaired) electrons. The first-order chi connectivity index (χ1) is 7.19. The second-order valence-corrected chi connectivity index (χ2v) is 5.02. The van der Waals surface area contributed by atoms with E-state index < -0.39 is 0 Å². The van der Waals surface area contributed by atoms with E-state index in [0.717, 1.165) is 5.92 Å². The summed E-state index contributed by atoms with van der Waals surface area (Å²) in [5.41, 5.74) is 2.97. The van der Waals surface area contributed by atoms with Gasteiger partial charge in [0.2, 0.25) is 0 Å². The van der Waals surface area contributed by atoms with Crippen LogP contribution in [0, 0.1) is 0 Å². The summed E-state index contributed by atoms with van der Waals surface area (Å²) in [7, 11) is 0. The predicted molar refractivity (Wildman–Crippen MR) is 64.1 cm³/mol. The zero-order chi connectivity index (χ0) is 10.9. The second-order valence-electron chi connectivity index (χ2n) is 5.02. The first-order valence-corrected chi connectivity index (χ1v) is 6.16. The highest BCUT2D eigenvalue weighted by molar-refractivity contribution is 5.25. The van der Waals surface area contributed by atoms with E-state index in [1.807, 2.05) is 0 Å². The normalized spacial score (nSPS) is 16.7. The van der Waals surface area contributed by atoms with Crippen molar-refractivity contribution in [1.82, 2.24) is 4.98 Å². The molecule has 1 heteroatoms. The van der Waals surface area contributed by atoms with Crippen LogP contribution in [-0.4, -0.2) is 4.98 Å². The van der Waals surface area contributed by atoms with Gasteiger partial charge in [0.15, 0.2) is 0 Å². The van der Waals surface area contributed by atoms with E-state index in [1.54, 1.807) is 0 Å². The first-order valence-electron chi connectivity index (χ1n) is 6.16. The molecule has 1 aromatic rings. The number of nitrogens with zero attached hydrogens (tertiary/aromatic N) is 1. The van der Waals surface area contributed by atoms with Gasteiger partial charge >= 0.3 is 0 Å². The SMILES string of the molecule is CCC(C)(CC)c1ccc(C2CC2)cn1. The van der Waals surface area contributed by atoms with E-state index in [4.69, 9.17) is 0 Å². The standard InChI is InChI=1S/C14H21N/c1-4-14(3,5-2)13-9-8-12(10-15-13)11-6-7-11/h8-11H,4-7H2,1-3H3. The van der Waals surface area contributed by atoms with Crippen LogP contribution in [0.15, 0.2) is 18.3 Å². The topological polar surface area (TPSA) is 12.9 Å². The summed E-state index contributed by atoms with van der Waals surface area (Å²) in [5.74, 6) is 0.820. The maximum atomic E-state index is 4.65. The fraction of sp³-hybridized carbons (Fsp3) is 0.643. The number of hydrogen-bond acceptors (Lipinski definition) is 1. The third-order valence-electron chi connectivity index (χ3n) is 4.01. The van der Waals surface area contributed by atoms with Crippen LogP contribution in [0.3, 0.4) is 0 Å². The molecular weight excluding hydrogens is 182 g/mol. The van der Waals surface area contributed by atoms with Crippen LogP contribution in [0.4, 0.5) is 0 Å². The van der Waals surface area contributed by atoms with Crippen molar-refractivity contribution in [2.75, 3.05) is 0 Å². The molecule has 1 aromatic heterocycles. The summed E-state index contributed by atoms with van der Waals surface area (Å²) in [4.78, 5) is 4.65. The van der Waals surface area contributed by atoms with Crippen LogP contribution >= 0.6 is 0 Å². The maximum Gasteiger partial charge on any atom is 0.0462 e. The van der Waals surface area contributed by atoms with Gasteiger partial charge in [-0.1, -0.05) is 26.8 Å². The van der Waals surface area contributed by atoms with E-state index in [-0.39, 0.29) is 5.41 Å². The Morgan fingerprint density at radius 1 is 1.27 bits per heavy atom. The van der Waals surface area contributed by atoms with Gasteiger partial charge in [0.25, 0.3) is 0 Å². The molecule has 1 aliphatic carbocycles. The van der Waals surface area contributed by atoms with Gasteiger partial charge in [-0.25, -0.2) is 0 Å². The molecule has 1 fully saturated rings. The fourth-order valence-corrected chi connectivity index (χ4v) is 2.03. The van der Waals surface area contributed by atoms with Gasteiger partial charge in [0.05, 0.1) is 0 Å². The van der Waals surface area contributed by atoms with Gasteiger partial charge in [-0.2, -0.15) is 0 Å². The van der Waals surface area contributed by atoms with Crippen molar-refractivity contribution in [3.63, 3.8) is 0 Å². The lowest BCUT2D eigenvalue weighted by molar-refractivity contribution is 0.426. The quantitative estimate of drug-likeness (QED) is 0.719. The highest BCUT2D eigenvalue weighted by Crippen LogP contribution is 2.40. The Balaban J connectivity index is 2.21. The second kappa shape index (κ2) is 3.96. The summed E-state index contributed by atoms with van der Waals surface area (Å²) >= 11 is 0. The van der Waals surface area contributed by atoms with Crippen molar-refractivity contribution in [3.05, 3.63) is 29.6 Å². The average Bonchev–Trinajstić information content (AvgIpc) is 3.12. The molecule has 0 saturated heterocycles. The number of pyridine rings is 1. The van der Waals surface area contributed by atoms with E-state index in [2.05, 4.69) is 44.1 Å². The van der Waals surface area contributed by atoms with Crippen LogP contribution in [0.5, 0.6) is 0 Å². The molecule has 0 bridgehead atoms. The van der Waals surface area contributed by atoms with Crippen LogP contribution < -0.4 is 0 Å². The molecule has 1 saturated carbocycles. The third-order valence-corrected chi connectivity index (χ3v) is 4.01. The smallest absolute Gasteiger partial charge is 0.0462 e. The molecule has 1 heterocycles. The minimum Gasteiger partial charge on any atom is -0.260 e. The summed E-state index contributed by atoms with van der Waals surface area (Å²) in [6, 6.07) is 4.52. The number of aromatic nitrogens is 1. The minimum atomic E-state index is 0.266. The van der Waals surface area contributed by atoms with Gasteiger partial charge in [0, 0.05) is 17.3 Å². The minimum absolute atomic E-state index is 0.266. The summed E-state index contributed by atoms with van der Waals surface area (Å²) in [6.07, 6.45) is 7.15. The van der Waals surface area contributed by atoms with Gasteiger partial charge < -0.3 is 0 Å². The van der Waals surface area contributed by atoms with Crippen molar-refractivity contribution in [1.29, 1.82) is 0 Å². The molecule has 0 aromatic carbocycles. The molecule has 0 atom stereocenters. The largest absolute Gasteiger partial charge is 0.260 e. The zero-order valence-electron chi connectivity index (χ0n) is 10.1. The maximum absolute atomic E-state index is 4.65. The van der Waals surface area contributed by atoms with Gasteiger partial charge in [-0.15, -0.1) is 0 Å². The lowest BCUT2D eigenvalue weighted by atomic mass is 9.81. The Bertz CT molecular complexity index is 318. The van der Waals surface area contributed by atoms with Crippen molar-refractivity contribution in [3.8, 4) is 0 Å². The molecule has 1 aliphatic rings. The third kappa shape index (κ3) is 2.06. The van der Waals surface area contributed by atoms with Gasteiger partial charge in [0.1, 0.15) is 0 Å². The summed E-state index contributed by atoms with van der Waals surface area (Å²) in [6.45, 7) is 6.81. The molecule has 2 rings (SSSR count). The first kappa shape index (κ1) is 10.7. The van der Waals surface area contributed by atoms with Gasteiger partial charge in [-0.3, -0.25) is 4.98 Å². The molecule has 0 unspecified atom stereocenters. The van der Waals surface area contributed by atoms with Crippen LogP contribution in [0.2, 0.25) is 0 Å². The van der Waals surface area contributed by atoms with Crippen molar-refractivity contribution in [2.45, 2.75) is 57.8 Å². The van der Waals surface area contributed by atoms with Crippen LogP contribution in [-0.2, 0) is 5.41 Å². The van der Waals surface area contributed by atoms with E-state index in [0.29, 0.717) is 0 Å². The van der Waals surface area contributed by atoms with Crippen LogP contribution in [0.1, 0.15) is 63.6 Å². The molecule has 0 N–H and O–H groups in total. The van der Waals surface area contributed by atoms with Crippen molar-refractivity contribution >= 4 is 0 Å². The lowest BCUT2D eigenvalue weighted by Crippen LogP contribution is -2.21. The summed E-state index contributed by atoms with van der Waals surface area (Å²) < 4.78 is 0. The van der Waals surface area contributed by atoms with Crippen LogP contribution in [0.25, 0.3) is 0 Å². The number of rotatable bonds is 4. The highest BCUT2D eigenvalue weighted by Gasteiger charge is 2.26.